The Kier molecular flexibility index (Phi) is 6.51. The number of hydrogen-bond acceptors (Lipinski definition) is 5. The number of benzene rings is 2. The molecule has 0 atom stereocenters. The molecule has 2 N–H and O–H groups in total. The molecule has 2 rings (SSSR count). The minimum Gasteiger partial charge on any atom is -0.496 e. The van der Waals surface area contributed by atoms with E-state index in [9.17, 15) is 18.8 Å². The number of amides is 2. The van der Waals surface area contributed by atoms with Gasteiger partial charge in [-0.05, 0) is 36.4 Å². The van der Waals surface area contributed by atoms with Crippen LogP contribution in [0.1, 0.15) is 20.7 Å². The predicted octanol–water partition coefficient (Wildman–Crippen LogP) is 2.11. The van der Waals surface area contributed by atoms with Crippen LogP contribution < -0.4 is 15.6 Å². The van der Waals surface area contributed by atoms with Crippen molar-refractivity contribution in [2.45, 2.75) is 0 Å². The quantitative estimate of drug-likeness (QED) is 0.612. The molecule has 7 nitrogen and oxygen atoms in total. The van der Waals surface area contributed by atoms with E-state index in [4.69, 9.17) is 21.1 Å². The van der Waals surface area contributed by atoms with Crippen LogP contribution in [-0.4, -0.2) is 31.5 Å². The second kappa shape index (κ2) is 8.82. The number of carbonyl (C=O) groups excluding carboxylic acids is 3. The number of halogens is 2. The molecule has 9 heteroatoms. The Labute approximate surface area is 153 Å². The summed E-state index contributed by atoms with van der Waals surface area (Å²) >= 11 is 5.83. The van der Waals surface area contributed by atoms with Crippen molar-refractivity contribution in [3.63, 3.8) is 0 Å². The lowest BCUT2D eigenvalue weighted by atomic mass is 10.2. The molecule has 2 aromatic carbocycles. The normalized spacial score (nSPS) is 9.96. The third-order valence-electron chi connectivity index (χ3n) is 3.12. The number of hydrazine groups is 1. The van der Waals surface area contributed by atoms with Crippen molar-refractivity contribution in [1.29, 1.82) is 0 Å². The van der Waals surface area contributed by atoms with Gasteiger partial charge in [0.15, 0.2) is 6.61 Å². The summed E-state index contributed by atoms with van der Waals surface area (Å²) in [7, 11) is 1.38. The van der Waals surface area contributed by atoms with Crippen molar-refractivity contribution >= 4 is 29.4 Å². The van der Waals surface area contributed by atoms with Crippen molar-refractivity contribution in [2.75, 3.05) is 13.7 Å². The van der Waals surface area contributed by atoms with Gasteiger partial charge in [-0.25, -0.2) is 9.18 Å². The maximum Gasteiger partial charge on any atom is 0.338 e. The first-order chi connectivity index (χ1) is 12.4. The van der Waals surface area contributed by atoms with Gasteiger partial charge in [0.2, 0.25) is 0 Å². The molecule has 0 heterocycles. The average molecular weight is 381 g/mol. The SMILES string of the molecule is COc1ccc(Cl)cc1C(=O)NNC(=O)COC(=O)c1cccc(F)c1. The molecule has 0 aliphatic heterocycles. The minimum absolute atomic E-state index is 0.0366. The van der Waals surface area contributed by atoms with Crippen LogP contribution in [0, 0.1) is 5.82 Å². The second-order valence-corrected chi connectivity index (χ2v) is 5.37. The first kappa shape index (κ1) is 19.2. The Balaban J connectivity index is 1.86. The van der Waals surface area contributed by atoms with Crippen molar-refractivity contribution in [3.05, 3.63) is 64.4 Å². The molecular formula is C17H14ClFN2O5. The lowest BCUT2D eigenvalue weighted by Crippen LogP contribution is -2.43. The lowest BCUT2D eigenvalue weighted by Gasteiger charge is -2.11. The van der Waals surface area contributed by atoms with E-state index in [0.29, 0.717) is 5.02 Å². The number of methoxy groups -OCH3 is 1. The van der Waals surface area contributed by atoms with Crippen molar-refractivity contribution in [2.24, 2.45) is 0 Å². The van der Waals surface area contributed by atoms with Gasteiger partial charge in [-0.2, -0.15) is 0 Å². The molecule has 136 valence electrons. The first-order valence-corrected chi connectivity index (χ1v) is 7.64. The first-order valence-electron chi connectivity index (χ1n) is 7.26. The number of hydrogen-bond donors (Lipinski definition) is 2. The summed E-state index contributed by atoms with van der Waals surface area (Å²) in [5.74, 6) is -2.67. The van der Waals surface area contributed by atoms with Crippen LogP contribution in [0.3, 0.4) is 0 Å². The van der Waals surface area contributed by atoms with Crippen LogP contribution in [-0.2, 0) is 9.53 Å². The Morgan fingerprint density at radius 3 is 2.58 bits per heavy atom. The molecule has 0 saturated heterocycles. The molecule has 26 heavy (non-hydrogen) atoms. The number of rotatable bonds is 5. The Bertz CT molecular complexity index is 844. The molecule has 2 amide bonds. The summed E-state index contributed by atoms with van der Waals surface area (Å²) in [5.41, 5.74) is 4.30. The molecule has 0 aromatic heterocycles. The van der Waals surface area contributed by atoms with Gasteiger partial charge in [-0.1, -0.05) is 17.7 Å². The highest BCUT2D eigenvalue weighted by Crippen LogP contribution is 2.22. The van der Waals surface area contributed by atoms with Crippen LogP contribution in [0.2, 0.25) is 5.02 Å². The van der Waals surface area contributed by atoms with Crippen LogP contribution in [0.25, 0.3) is 0 Å². The smallest absolute Gasteiger partial charge is 0.338 e. The van der Waals surface area contributed by atoms with Gasteiger partial charge in [-0.15, -0.1) is 0 Å². The van der Waals surface area contributed by atoms with Gasteiger partial charge in [-0.3, -0.25) is 20.4 Å². The maximum absolute atomic E-state index is 13.0. The standard InChI is InChI=1S/C17H14ClFN2O5/c1-25-14-6-5-11(18)8-13(14)16(23)21-20-15(22)9-26-17(24)10-3-2-4-12(19)7-10/h2-8H,9H2,1H3,(H,20,22)(H,21,23). The lowest BCUT2D eigenvalue weighted by molar-refractivity contribution is -0.125. The fourth-order valence-corrected chi connectivity index (χ4v) is 2.09. The largest absolute Gasteiger partial charge is 0.496 e. The molecule has 0 radical (unpaired) electrons. The van der Waals surface area contributed by atoms with E-state index >= 15 is 0 Å². The van der Waals surface area contributed by atoms with Gasteiger partial charge in [0.1, 0.15) is 11.6 Å². The Morgan fingerprint density at radius 1 is 1.12 bits per heavy atom. The van der Waals surface area contributed by atoms with Gasteiger partial charge in [0, 0.05) is 5.02 Å². The summed E-state index contributed by atoms with van der Waals surface area (Å²) in [5, 5.41) is 0.311. The number of ether oxygens (including phenoxy) is 2. The van der Waals surface area contributed by atoms with Gasteiger partial charge < -0.3 is 9.47 Å². The summed E-state index contributed by atoms with van der Waals surface area (Å²) in [6, 6.07) is 9.24. The number of esters is 1. The summed E-state index contributed by atoms with van der Waals surface area (Å²) in [4.78, 5) is 35.4. The van der Waals surface area contributed by atoms with E-state index < -0.39 is 30.2 Å². The molecule has 2 aromatic rings. The zero-order valence-corrected chi connectivity index (χ0v) is 14.3. The van der Waals surface area contributed by atoms with Crippen molar-refractivity contribution < 1.29 is 28.2 Å². The highest BCUT2D eigenvalue weighted by molar-refractivity contribution is 6.31. The monoisotopic (exact) mass is 380 g/mol. The number of nitrogens with one attached hydrogen (secondary N) is 2. The van der Waals surface area contributed by atoms with Gasteiger partial charge in [0.25, 0.3) is 11.8 Å². The molecular weight excluding hydrogens is 367 g/mol. The van der Waals surface area contributed by atoms with Crippen LogP contribution in [0.15, 0.2) is 42.5 Å². The molecule has 0 aliphatic carbocycles. The minimum atomic E-state index is -0.873. The highest BCUT2D eigenvalue weighted by Gasteiger charge is 2.15. The highest BCUT2D eigenvalue weighted by atomic mass is 35.5. The predicted molar refractivity (Wildman–Crippen MR) is 90.3 cm³/mol. The van der Waals surface area contributed by atoms with E-state index in [1.165, 1.54) is 37.4 Å². The Morgan fingerprint density at radius 2 is 1.88 bits per heavy atom. The fraction of sp³-hybridized carbons (Fsp3) is 0.118. The van der Waals surface area contributed by atoms with E-state index in [2.05, 4.69) is 10.9 Å². The fourth-order valence-electron chi connectivity index (χ4n) is 1.92. The third kappa shape index (κ3) is 5.18. The van der Waals surface area contributed by atoms with Crippen LogP contribution >= 0.6 is 11.6 Å². The average Bonchev–Trinajstić information content (AvgIpc) is 2.64. The van der Waals surface area contributed by atoms with E-state index in [1.54, 1.807) is 6.07 Å². The molecule has 0 unspecified atom stereocenters. The topological polar surface area (TPSA) is 93.7 Å². The maximum atomic E-state index is 13.0. The Hall–Kier alpha value is -3.13. The molecule has 0 saturated carbocycles. The van der Waals surface area contributed by atoms with Gasteiger partial charge in [0.05, 0.1) is 18.2 Å². The molecule has 0 aliphatic rings. The van der Waals surface area contributed by atoms with Crippen molar-refractivity contribution in [1.82, 2.24) is 10.9 Å². The zero-order valence-electron chi connectivity index (χ0n) is 13.5. The van der Waals surface area contributed by atoms with E-state index in [-0.39, 0.29) is 16.9 Å². The summed E-state index contributed by atoms with van der Waals surface area (Å²) < 4.78 is 22.8. The van der Waals surface area contributed by atoms with Crippen LogP contribution in [0.5, 0.6) is 5.75 Å². The van der Waals surface area contributed by atoms with E-state index in [1.807, 2.05) is 0 Å². The van der Waals surface area contributed by atoms with Crippen LogP contribution in [0.4, 0.5) is 4.39 Å². The summed E-state index contributed by atoms with van der Waals surface area (Å²) in [6.45, 7) is -0.664. The number of carbonyl (C=O) groups is 3. The van der Waals surface area contributed by atoms with Crippen molar-refractivity contribution in [3.8, 4) is 5.75 Å². The van der Waals surface area contributed by atoms with E-state index in [0.717, 1.165) is 6.07 Å². The summed E-state index contributed by atoms with van der Waals surface area (Å²) in [6.07, 6.45) is 0. The second-order valence-electron chi connectivity index (χ2n) is 4.93. The molecule has 0 spiro atoms. The van der Waals surface area contributed by atoms with Gasteiger partial charge >= 0.3 is 5.97 Å². The molecule has 0 fully saturated rings. The molecule has 0 bridgehead atoms. The third-order valence-corrected chi connectivity index (χ3v) is 3.35. The zero-order chi connectivity index (χ0) is 19.1.